The molecule has 3 N–H and O–H groups in total. The van der Waals surface area contributed by atoms with Crippen molar-refractivity contribution in [3.8, 4) is 0 Å². The summed E-state index contributed by atoms with van der Waals surface area (Å²) in [7, 11) is 4.79. The number of piperazine rings is 2. The summed E-state index contributed by atoms with van der Waals surface area (Å²) >= 11 is 4.89. The zero-order valence-corrected chi connectivity index (χ0v) is 33.7. The lowest BCUT2D eigenvalue weighted by Gasteiger charge is -2.55. The van der Waals surface area contributed by atoms with Gasteiger partial charge in [-0.2, -0.15) is 0 Å². The molecule has 7 rings (SSSR count). The maximum atomic E-state index is 15.0. The summed E-state index contributed by atoms with van der Waals surface area (Å²) in [5.74, 6) is -1.29. The highest BCUT2D eigenvalue weighted by Gasteiger charge is 2.79. The molecule has 3 fully saturated rings. The third kappa shape index (κ3) is 4.08. The number of benzene rings is 2. The first-order valence-corrected chi connectivity index (χ1v) is 21.7. The first kappa shape index (κ1) is 37.3. The van der Waals surface area contributed by atoms with Crippen LogP contribution in [0.15, 0.2) is 54.7 Å². The fraction of sp³-hybridized carbons (Fsp3) is 0.500. The zero-order valence-electron chi connectivity index (χ0n) is 30.4. The molecule has 4 aliphatic rings. The Morgan fingerprint density at radius 1 is 0.712 bits per heavy atom. The Morgan fingerprint density at radius 2 is 1.25 bits per heavy atom. The van der Waals surface area contributed by atoms with Crippen molar-refractivity contribution in [2.75, 3.05) is 64.7 Å². The molecule has 278 valence electrons. The average Bonchev–Trinajstić information content (AvgIpc) is 3.73. The third-order valence-electron chi connectivity index (χ3n) is 12.4. The van der Waals surface area contributed by atoms with Gasteiger partial charge in [-0.05, 0) is 49.6 Å². The van der Waals surface area contributed by atoms with Crippen LogP contribution in [0.1, 0.15) is 24.5 Å². The maximum absolute atomic E-state index is 15.0. The van der Waals surface area contributed by atoms with Gasteiger partial charge in [0, 0.05) is 62.3 Å². The first-order chi connectivity index (χ1) is 24.7. The number of para-hydroxylation sites is 2. The number of rotatable bonds is 9. The molecule has 6 atom stereocenters. The van der Waals surface area contributed by atoms with Crippen molar-refractivity contribution in [2.45, 2.75) is 50.5 Å². The minimum atomic E-state index is -1.52. The van der Waals surface area contributed by atoms with E-state index in [1.807, 2.05) is 74.2 Å². The topological polar surface area (TPSA) is 139 Å². The highest BCUT2D eigenvalue weighted by atomic mass is 32.2. The van der Waals surface area contributed by atoms with Gasteiger partial charge in [0.25, 0.3) is 23.6 Å². The number of carbonyl (C=O) groups is 4. The van der Waals surface area contributed by atoms with Crippen LogP contribution in [-0.4, -0.2) is 143 Å². The molecule has 0 radical (unpaired) electrons. The van der Waals surface area contributed by atoms with Crippen LogP contribution in [0.2, 0.25) is 0 Å². The van der Waals surface area contributed by atoms with Crippen LogP contribution in [0.4, 0.5) is 5.69 Å². The molecule has 0 unspecified atom stereocenters. The van der Waals surface area contributed by atoms with Crippen molar-refractivity contribution >= 4 is 87.3 Å². The standard InChI is InChI=1S/C36H44N6O6S4/c1-31-32(24-14-10-11-15-25(24)37-31,19-34(50-6)28(46)40(4)36(21-44,52-8)30(48)42(31)34)41-18-22(23-13-9-12-16-26(23)41)17-33(49-5)27(45)39(3)35(20-43,51-7)29(47)38(33)2/h9-16,18,37,43-44H,17,19-21H2,1-8H3/t31-,32+,33-,34+,35-,36+/m0/s1. The lowest BCUT2D eigenvalue weighted by molar-refractivity contribution is -0.169. The van der Waals surface area contributed by atoms with E-state index in [0.29, 0.717) is 0 Å². The van der Waals surface area contributed by atoms with Crippen LogP contribution in [0.25, 0.3) is 10.9 Å². The number of carbonyl (C=O) groups excluding carboxylic acids is 4. The quantitative estimate of drug-likeness (QED) is 0.296. The molecule has 3 aromatic rings. The largest absolute Gasteiger partial charge is 0.392 e. The Labute approximate surface area is 320 Å². The highest BCUT2D eigenvalue weighted by molar-refractivity contribution is 8.02. The smallest absolute Gasteiger partial charge is 0.265 e. The van der Waals surface area contributed by atoms with Crippen LogP contribution >= 0.6 is 47.0 Å². The molecule has 0 spiro atoms. The number of aliphatic hydroxyl groups is 2. The Morgan fingerprint density at radius 3 is 1.87 bits per heavy atom. The van der Waals surface area contributed by atoms with Crippen molar-refractivity contribution in [1.82, 2.24) is 24.2 Å². The summed E-state index contributed by atoms with van der Waals surface area (Å²) in [6.07, 6.45) is 9.50. The number of aliphatic hydroxyl groups excluding tert-OH is 2. The van der Waals surface area contributed by atoms with Crippen LogP contribution in [0.5, 0.6) is 0 Å². The molecule has 0 saturated carbocycles. The van der Waals surface area contributed by atoms with Gasteiger partial charge in [0.1, 0.15) is 11.2 Å². The molecular formula is C36H44N6O6S4. The number of nitrogens with zero attached hydrogens (tertiary/aromatic N) is 5. The SMILES string of the molecule is CS[C@@]1(CO)C(=O)N(C)[C@@](Cc2cn([C@@]34C[C@@]5(SC)C(=O)N(C)[C@](CO)(SC)C(=O)N5[C@]3(C)Nc3ccccc34)c3ccccc23)(SC)C(=O)N1C. The molecule has 0 aliphatic carbocycles. The second-order valence-corrected chi connectivity index (χ2v) is 18.3. The molecule has 5 heterocycles. The predicted molar refractivity (Wildman–Crippen MR) is 210 cm³/mol. The van der Waals surface area contributed by atoms with Gasteiger partial charge in [-0.25, -0.2) is 0 Å². The van der Waals surface area contributed by atoms with E-state index in [1.165, 1.54) is 38.2 Å². The first-order valence-electron chi connectivity index (χ1n) is 16.8. The summed E-state index contributed by atoms with van der Waals surface area (Å²) in [4.78, 5) is 58.7. The van der Waals surface area contributed by atoms with Crippen LogP contribution in [-0.2, 0) is 31.1 Å². The molecule has 0 bridgehead atoms. The number of thioether (sulfide) groups is 4. The average molecular weight is 785 g/mol. The predicted octanol–water partition coefficient (Wildman–Crippen LogP) is 2.93. The van der Waals surface area contributed by atoms with Crippen LogP contribution in [0, 0.1) is 0 Å². The summed E-state index contributed by atoms with van der Waals surface area (Å²) in [6, 6.07) is 15.8. The highest BCUT2D eigenvalue weighted by Crippen LogP contribution is 2.66. The summed E-state index contributed by atoms with van der Waals surface area (Å²) < 4.78 is 2.17. The van der Waals surface area contributed by atoms with Gasteiger partial charge in [-0.3, -0.25) is 24.1 Å². The number of hydrogen-bond acceptors (Lipinski definition) is 11. The van der Waals surface area contributed by atoms with E-state index in [2.05, 4.69) is 9.88 Å². The van der Waals surface area contributed by atoms with Crippen molar-refractivity contribution in [3.05, 3.63) is 65.9 Å². The number of anilines is 1. The number of fused-ring (bicyclic) bond motifs is 6. The van der Waals surface area contributed by atoms with Gasteiger partial charge < -0.3 is 34.8 Å². The fourth-order valence-corrected chi connectivity index (χ4v) is 13.0. The van der Waals surface area contributed by atoms with E-state index >= 15 is 4.79 Å². The molecule has 52 heavy (non-hydrogen) atoms. The normalized spacial score (nSPS) is 34.3. The Hall–Kier alpha value is -3.02. The minimum absolute atomic E-state index is 0.156. The van der Waals surface area contributed by atoms with E-state index in [9.17, 15) is 24.6 Å². The number of aromatic nitrogens is 1. The second-order valence-electron chi connectivity index (χ2n) is 14.0. The molecule has 2 aromatic carbocycles. The fourth-order valence-electron chi connectivity index (χ4n) is 9.38. The van der Waals surface area contributed by atoms with Gasteiger partial charge >= 0.3 is 0 Å². The molecule has 4 aliphatic heterocycles. The van der Waals surface area contributed by atoms with Gasteiger partial charge in [0.05, 0.1) is 13.2 Å². The minimum Gasteiger partial charge on any atom is -0.392 e. The van der Waals surface area contributed by atoms with E-state index in [-0.39, 0.29) is 36.5 Å². The molecule has 1 aromatic heterocycles. The Balaban J connectivity index is 1.49. The summed E-state index contributed by atoms with van der Waals surface area (Å²) in [5.41, 5.74) is 1.12. The van der Waals surface area contributed by atoms with E-state index < -0.39 is 43.9 Å². The summed E-state index contributed by atoms with van der Waals surface area (Å²) in [5, 5.41) is 25.8. The van der Waals surface area contributed by atoms with Crippen molar-refractivity contribution in [3.63, 3.8) is 0 Å². The summed E-state index contributed by atoms with van der Waals surface area (Å²) in [6.45, 7) is 0.887. The van der Waals surface area contributed by atoms with Crippen molar-refractivity contribution in [1.29, 1.82) is 0 Å². The van der Waals surface area contributed by atoms with E-state index in [0.717, 1.165) is 51.2 Å². The zero-order chi connectivity index (χ0) is 37.8. The van der Waals surface area contributed by atoms with Gasteiger partial charge in [0.15, 0.2) is 19.5 Å². The van der Waals surface area contributed by atoms with Crippen LogP contribution < -0.4 is 5.32 Å². The molecular weight excluding hydrogens is 741 g/mol. The van der Waals surface area contributed by atoms with Crippen molar-refractivity contribution in [2.24, 2.45) is 0 Å². The van der Waals surface area contributed by atoms with Gasteiger partial charge in [-0.15, -0.1) is 47.0 Å². The molecule has 16 heteroatoms. The molecule has 12 nitrogen and oxygen atoms in total. The number of amides is 4. The van der Waals surface area contributed by atoms with Gasteiger partial charge in [0.2, 0.25) is 0 Å². The third-order valence-corrected chi connectivity index (χ3v) is 17.3. The Kier molecular flexibility index (Phi) is 8.79. The van der Waals surface area contributed by atoms with E-state index in [1.54, 1.807) is 38.6 Å². The molecule has 3 saturated heterocycles. The maximum Gasteiger partial charge on any atom is 0.265 e. The number of nitrogens with one attached hydrogen (secondary N) is 1. The van der Waals surface area contributed by atoms with E-state index in [4.69, 9.17) is 0 Å². The number of likely N-dealkylation sites (N-methyl/N-ethyl adjacent to an activating group) is 3. The van der Waals surface area contributed by atoms with Crippen LogP contribution in [0.3, 0.4) is 0 Å². The molecule has 4 amide bonds. The van der Waals surface area contributed by atoms with Gasteiger partial charge in [-0.1, -0.05) is 36.4 Å². The second kappa shape index (κ2) is 12.2. The monoisotopic (exact) mass is 784 g/mol. The lowest BCUT2D eigenvalue weighted by Crippen LogP contribution is -2.77. The number of hydrogen-bond donors (Lipinski definition) is 3. The Bertz CT molecular complexity index is 2020. The lowest BCUT2D eigenvalue weighted by atomic mass is 9.80. The van der Waals surface area contributed by atoms with Crippen molar-refractivity contribution < 1.29 is 29.4 Å².